The third-order valence-electron chi connectivity index (χ3n) is 8.13. The van der Waals surface area contributed by atoms with Crippen molar-refractivity contribution in [1.82, 2.24) is 19.1 Å². The van der Waals surface area contributed by atoms with Crippen LogP contribution in [0, 0.1) is 11.2 Å². The van der Waals surface area contributed by atoms with Gasteiger partial charge in [0.1, 0.15) is 11.5 Å². The van der Waals surface area contributed by atoms with Gasteiger partial charge in [-0.15, -0.1) is 0 Å². The van der Waals surface area contributed by atoms with E-state index in [1.54, 1.807) is 41.3 Å². The molecule has 4 aromatic rings. The maximum atomic E-state index is 14.3. The number of allylic oxidation sites excluding steroid dienone is 1. The summed E-state index contributed by atoms with van der Waals surface area (Å²) in [5.74, 6) is 3.78. The molecule has 0 spiro atoms. The van der Waals surface area contributed by atoms with E-state index in [4.69, 9.17) is 0 Å². The third kappa shape index (κ3) is 4.33. The molecule has 1 unspecified atom stereocenters. The fourth-order valence-electron chi connectivity index (χ4n) is 5.96. The average Bonchev–Trinajstić information content (AvgIpc) is 3.38. The highest BCUT2D eigenvalue weighted by Gasteiger charge is 2.50. The Labute approximate surface area is 228 Å². The Morgan fingerprint density at radius 3 is 2.56 bits per heavy atom. The topological polar surface area (TPSA) is 68.1 Å². The molecule has 3 atom stereocenters. The molecule has 0 saturated heterocycles. The molecule has 6 nitrogen and oxygen atoms in total. The summed E-state index contributed by atoms with van der Waals surface area (Å²) in [6.45, 7) is 0. The van der Waals surface area contributed by atoms with Gasteiger partial charge in [-0.2, -0.15) is 5.10 Å². The van der Waals surface area contributed by atoms with Crippen LogP contribution in [0.15, 0.2) is 95.7 Å². The smallest absolute Gasteiger partial charge is 0.191 e. The number of hydrogen-bond acceptors (Lipinski definition) is 4. The number of halogens is 1. The van der Waals surface area contributed by atoms with E-state index in [0.717, 1.165) is 28.9 Å². The standard InChI is InChI=1S/C31H29FN4O2S/c1-35(39(2,38)27-8-4-3-5-9-27)26-14-11-23-18-29-22(21-34-36(29)25-15-12-24(32)13-16-25)19-31(23,20-26)30(37)28-10-6-7-17-33-28/h3-10,12-13,15-18,21,26H,2,11,14,19-20H2,1H3/t26-,31-,39?/m0/s1. The molecule has 0 bridgehead atoms. The van der Waals surface area contributed by atoms with E-state index in [-0.39, 0.29) is 17.6 Å². The van der Waals surface area contributed by atoms with Crippen LogP contribution in [-0.2, 0) is 16.1 Å². The number of fused-ring (bicyclic) bond motifs is 2. The molecule has 0 radical (unpaired) electrons. The van der Waals surface area contributed by atoms with E-state index in [0.29, 0.717) is 29.9 Å². The van der Waals surface area contributed by atoms with Gasteiger partial charge >= 0.3 is 0 Å². The van der Waals surface area contributed by atoms with E-state index in [1.807, 2.05) is 47.8 Å². The summed E-state index contributed by atoms with van der Waals surface area (Å²) in [6, 6.07) is 20.8. The van der Waals surface area contributed by atoms with Gasteiger partial charge in [-0.3, -0.25) is 9.78 Å². The normalized spacial score (nSPS) is 21.9. The van der Waals surface area contributed by atoms with Crippen molar-refractivity contribution in [2.45, 2.75) is 36.6 Å². The van der Waals surface area contributed by atoms with Gasteiger partial charge < -0.3 is 0 Å². The number of Topliss-reactive ketones (excluding diaryl/α,β-unsaturated/α-hetero) is 1. The zero-order valence-corrected chi connectivity index (χ0v) is 22.5. The lowest BCUT2D eigenvalue weighted by Gasteiger charge is -2.46. The van der Waals surface area contributed by atoms with Gasteiger partial charge in [-0.1, -0.05) is 29.8 Å². The van der Waals surface area contributed by atoms with Gasteiger partial charge in [-0.25, -0.2) is 17.6 Å². The van der Waals surface area contributed by atoms with Gasteiger partial charge in [0.05, 0.1) is 32.7 Å². The first kappa shape index (κ1) is 25.4. The van der Waals surface area contributed by atoms with Crippen molar-refractivity contribution in [3.63, 3.8) is 0 Å². The maximum Gasteiger partial charge on any atom is 0.191 e. The summed E-state index contributed by atoms with van der Waals surface area (Å²) >= 11 is 0. The van der Waals surface area contributed by atoms with Crippen molar-refractivity contribution < 1.29 is 13.4 Å². The van der Waals surface area contributed by atoms with Crippen molar-refractivity contribution in [2.24, 2.45) is 5.41 Å². The van der Waals surface area contributed by atoms with Gasteiger partial charge in [0, 0.05) is 17.1 Å². The monoisotopic (exact) mass is 540 g/mol. The predicted octanol–water partition coefficient (Wildman–Crippen LogP) is 5.39. The van der Waals surface area contributed by atoms with Crippen LogP contribution < -0.4 is 0 Å². The van der Waals surface area contributed by atoms with Crippen LogP contribution >= 0.6 is 0 Å². The van der Waals surface area contributed by atoms with E-state index < -0.39 is 15.1 Å². The van der Waals surface area contributed by atoms with Crippen molar-refractivity contribution in [1.29, 1.82) is 0 Å². The lowest BCUT2D eigenvalue weighted by atomic mass is 9.60. The second-order valence-electron chi connectivity index (χ2n) is 10.3. The summed E-state index contributed by atoms with van der Waals surface area (Å²) in [5.41, 5.74) is 3.19. The van der Waals surface area contributed by atoms with Gasteiger partial charge in [0.2, 0.25) is 0 Å². The second-order valence-corrected chi connectivity index (χ2v) is 12.6. The summed E-state index contributed by atoms with van der Waals surface area (Å²) in [6.07, 6.45) is 7.85. The molecule has 39 heavy (non-hydrogen) atoms. The molecule has 6 rings (SSSR count). The maximum absolute atomic E-state index is 14.3. The number of carbonyl (C=O) groups excluding carboxylic acids is 1. The highest BCUT2D eigenvalue weighted by atomic mass is 32.2. The van der Waals surface area contributed by atoms with Crippen molar-refractivity contribution >= 4 is 27.4 Å². The van der Waals surface area contributed by atoms with Crippen LogP contribution in [-0.4, -0.2) is 48.0 Å². The summed E-state index contributed by atoms with van der Waals surface area (Å²) in [4.78, 5) is 19.4. The van der Waals surface area contributed by atoms with Crippen LogP contribution in [0.5, 0.6) is 0 Å². The Balaban J connectivity index is 1.42. The summed E-state index contributed by atoms with van der Waals surface area (Å²) in [5, 5.41) is 4.61. The van der Waals surface area contributed by atoms with Crippen LogP contribution in [0.2, 0.25) is 0 Å². The van der Waals surface area contributed by atoms with E-state index in [2.05, 4.69) is 22.0 Å². The fraction of sp³-hybridized carbons (Fsp3) is 0.226. The van der Waals surface area contributed by atoms with Crippen LogP contribution in [0.4, 0.5) is 4.39 Å². The molecule has 2 heterocycles. The van der Waals surface area contributed by atoms with Crippen LogP contribution in [0.1, 0.15) is 41.0 Å². The van der Waals surface area contributed by atoms with Gasteiger partial charge in [0.25, 0.3) is 0 Å². The first-order chi connectivity index (χ1) is 18.8. The number of carbonyl (C=O) groups is 1. The average molecular weight is 541 g/mol. The molecule has 1 saturated carbocycles. The highest BCUT2D eigenvalue weighted by Crippen LogP contribution is 2.51. The molecule has 2 aliphatic carbocycles. The molecule has 8 heteroatoms. The predicted molar refractivity (Wildman–Crippen MR) is 152 cm³/mol. The van der Waals surface area contributed by atoms with Crippen molar-refractivity contribution in [3.8, 4) is 5.69 Å². The molecule has 2 aromatic heterocycles. The van der Waals surface area contributed by atoms with E-state index in [1.165, 1.54) is 12.1 Å². The number of aromatic nitrogens is 3. The largest absolute Gasteiger partial charge is 0.291 e. The Kier molecular flexibility index (Phi) is 6.32. The Hall–Kier alpha value is -3.88. The molecule has 0 amide bonds. The number of benzene rings is 2. The molecule has 198 valence electrons. The number of rotatable bonds is 6. The van der Waals surface area contributed by atoms with E-state index >= 15 is 0 Å². The zero-order chi connectivity index (χ0) is 27.2. The van der Waals surface area contributed by atoms with Crippen LogP contribution in [0.3, 0.4) is 0 Å². The molecule has 2 aromatic carbocycles. The minimum absolute atomic E-state index is 0.0390. The van der Waals surface area contributed by atoms with E-state index in [9.17, 15) is 13.4 Å². The SMILES string of the molecule is C=S(=O)(c1ccccc1)N(C)[C@H]1CCC2=Cc3c(cnn3-c3ccc(F)cc3)C[C@]2(C(=O)c2ccccn2)C1. The number of ketones is 1. The zero-order valence-electron chi connectivity index (χ0n) is 21.7. The van der Waals surface area contributed by atoms with Crippen LogP contribution in [0.25, 0.3) is 11.8 Å². The molecule has 1 fully saturated rings. The Bertz CT molecular complexity index is 1660. The number of hydrogen-bond donors (Lipinski definition) is 0. The first-order valence-electron chi connectivity index (χ1n) is 12.9. The van der Waals surface area contributed by atoms with Crippen molar-refractivity contribution in [3.05, 3.63) is 114 Å². The number of nitrogens with zero attached hydrogens (tertiary/aromatic N) is 4. The summed E-state index contributed by atoms with van der Waals surface area (Å²) in [7, 11) is -0.901. The molecule has 0 N–H and O–H groups in total. The lowest BCUT2D eigenvalue weighted by molar-refractivity contribution is 0.0749. The number of pyridine rings is 1. The van der Waals surface area contributed by atoms with Crippen molar-refractivity contribution in [2.75, 3.05) is 7.05 Å². The first-order valence-corrected chi connectivity index (χ1v) is 14.6. The highest BCUT2D eigenvalue weighted by molar-refractivity contribution is 7.98. The quantitative estimate of drug-likeness (QED) is 0.243. The second kappa shape index (κ2) is 9.70. The third-order valence-corrected chi connectivity index (χ3v) is 10.4. The molecular formula is C31H29FN4O2S. The molecule has 2 aliphatic rings. The Morgan fingerprint density at radius 2 is 1.85 bits per heavy atom. The lowest BCUT2D eigenvalue weighted by Crippen LogP contribution is -2.49. The van der Waals surface area contributed by atoms with Gasteiger partial charge in [0.15, 0.2) is 5.78 Å². The minimum atomic E-state index is -2.75. The minimum Gasteiger partial charge on any atom is -0.291 e. The van der Waals surface area contributed by atoms with Gasteiger partial charge in [-0.05, 0) is 98.8 Å². The fourth-order valence-corrected chi connectivity index (χ4v) is 7.54. The Morgan fingerprint density at radius 1 is 1.10 bits per heavy atom. The molecular weight excluding hydrogens is 511 g/mol. The molecule has 0 aliphatic heterocycles. The summed E-state index contributed by atoms with van der Waals surface area (Å²) < 4.78 is 31.2.